The van der Waals surface area contributed by atoms with Crippen molar-refractivity contribution in [1.82, 2.24) is 0 Å². The molecular weight excluding hydrogens is 266 g/mol. The lowest BCUT2D eigenvalue weighted by molar-refractivity contribution is -0.116. The first-order valence-electron chi connectivity index (χ1n) is 6.89. The second kappa shape index (κ2) is 7.94. The predicted octanol–water partition coefficient (Wildman–Crippen LogP) is 3.49. The lowest BCUT2D eigenvalue weighted by atomic mass is 10.2. The number of hydrogen-bond donors (Lipinski definition) is 1. The first kappa shape index (κ1) is 14.9. The molecule has 0 fully saturated rings. The van der Waals surface area contributed by atoms with Gasteiger partial charge in [-0.1, -0.05) is 18.2 Å². The van der Waals surface area contributed by atoms with Crippen LogP contribution in [0.5, 0.6) is 11.5 Å². The van der Waals surface area contributed by atoms with Gasteiger partial charge in [-0.15, -0.1) is 0 Å². The van der Waals surface area contributed by atoms with Gasteiger partial charge in [0.05, 0.1) is 13.7 Å². The number of benzene rings is 2. The van der Waals surface area contributed by atoms with Crippen LogP contribution in [-0.4, -0.2) is 19.6 Å². The third kappa shape index (κ3) is 5.18. The zero-order valence-corrected chi connectivity index (χ0v) is 12.0. The number of ether oxygens (including phenoxy) is 2. The minimum absolute atomic E-state index is 0.0168. The molecule has 0 aliphatic rings. The van der Waals surface area contributed by atoms with E-state index in [2.05, 4.69) is 5.32 Å². The highest BCUT2D eigenvalue weighted by Gasteiger charge is 2.03. The Hall–Kier alpha value is -2.49. The van der Waals surface area contributed by atoms with Crippen molar-refractivity contribution in [3.8, 4) is 11.5 Å². The van der Waals surface area contributed by atoms with Crippen molar-refractivity contribution in [1.29, 1.82) is 0 Å². The number of para-hydroxylation sites is 1. The van der Waals surface area contributed by atoms with Crippen LogP contribution < -0.4 is 14.8 Å². The van der Waals surface area contributed by atoms with Gasteiger partial charge in [-0.05, 0) is 42.8 Å². The molecule has 0 saturated heterocycles. The van der Waals surface area contributed by atoms with Gasteiger partial charge in [0.25, 0.3) is 0 Å². The zero-order valence-electron chi connectivity index (χ0n) is 12.0. The summed E-state index contributed by atoms with van der Waals surface area (Å²) in [6, 6.07) is 16.8. The average Bonchev–Trinajstić information content (AvgIpc) is 2.53. The topological polar surface area (TPSA) is 47.6 Å². The number of methoxy groups -OCH3 is 1. The first-order chi connectivity index (χ1) is 10.3. The molecule has 2 aromatic rings. The zero-order chi connectivity index (χ0) is 14.9. The lowest BCUT2D eigenvalue weighted by Gasteiger charge is -2.07. The smallest absolute Gasteiger partial charge is 0.224 e. The Kier molecular flexibility index (Phi) is 5.64. The fourth-order valence-electron chi connectivity index (χ4n) is 1.84. The Balaban J connectivity index is 1.67. The molecule has 0 heterocycles. The number of hydrogen-bond acceptors (Lipinski definition) is 3. The van der Waals surface area contributed by atoms with Gasteiger partial charge in [-0.3, -0.25) is 4.79 Å². The fraction of sp³-hybridized carbons (Fsp3) is 0.235. The normalized spacial score (nSPS) is 9.95. The molecule has 0 aromatic heterocycles. The number of rotatable bonds is 7. The number of nitrogens with one attached hydrogen (secondary N) is 1. The molecule has 21 heavy (non-hydrogen) atoms. The molecule has 0 radical (unpaired) electrons. The van der Waals surface area contributed by atoms with Crippen molar-refractivity contribution in [3.63, 3.8) is 0 Å². The van der Waals surface area contributed by atoms with E-state index in [9.17, 15) is 4.79 Å². The Morgan fingerprint density at radius 2 is 1.71 bits per heavy atom. The third-order valence-corrected chi connectivity index (χ3v) is 2.93. The summed E-state index contributed by atoms with van der Waals surface area (Å²) in [6.45, 7) is 0.528. The van der Waals surface area contributed by atoms with Gasteiger partial charge in [-0.25, -0.2) is 0 Å². The number of carbonyl (C=O) groups is 1. The predicted molar refractivity (Wildman–Crippen MR) is 82.8 cm³/mol. The van der Waals surface area contributed by atoms with Crippen LogP contribution >= 0.6 is 0 Å². The monoisotopic (exact) mass is 285 g/mol. The van der Waals surface area contributed by atoms with Crippen LogP contribution in [0.1, 0.15) is 12.8 Å². The second-order valence-electron chi connectivity index (χ2n) is 4.54. The first-order valence-corrected chi connectivity index (χ1v) is 6.89. The summed E-state index contributed by atoms with van der Waals surface area (Å²) in [6.07, 6.45) is 1.11. The molecule has 0 bridgehead atoms. The Labute approximate surface area is 124 Å². The molecule has 4 nitrogen and oxygen atoms in total. The van der Waals surface area contributed by atoms with E-state index in [1.807, 2.05) is 54.6 Å². The van der Waals surface area contributed by atoms with Gasteiger partial charge in [0, 0.05) is 12.1 Å². The molecule has 1 amide bonds. The van der Waals surface area contributed by atoms with Gasteiger partial charge in [0.2, 0.25) is 5.91 Å². The van der Waals surface area contributed by atoms with Crippen molar-refractivity contribution in [3.05, 3.63) is 54.6 Å². The number of amides is 1. The molecule has 0 unspecified atom stereocenters. The highest BCUT2D eigenvalue weighted by molar-refractivity contribution is 5.90. The summed E-state index contributed by atoms with van der Waals surface area (Å²) in [5, 5.41) is 2.84. The third-order valence-electron chi connectivity index (χ3n) is 2.93. The minimum atomic E-state index is -0.0168. The minimum Gasteiger partial charge on any atom is -0.497 e. The average molecular weight is 285 g/mol. The van der Waals surface area contributed by atoms with Crippen molar-refractivity contribution in [2.24, 2.45) is 0 Å². The highest BCUT2D eigenvalue weighted by atomic mass is 16.5. The lowest BCUT2D eigenvalue weighted by Crippen LogP contribution is -2.12. The maximum absolute atomic E-state index is 11.8. The summed E-state index contributed by atoms with van der Waals surface area (Å²) < 4.78 is 10.6. The molecule has 0 aliphatic carbocycles. The van der Waals surface area contributed by atoms with E-state index in [1.165, 1.54) is 0 Å². The Morgan fingerprint density at radius 1 is 1.00 bits per heavy atom. The molecule has 0 spiro atoms. The van der Waals surface area contributed by atoms with Gasteiger partial charge in [-0.2, -0.15) is 0 Å². The largest absolute Gasteiger partial charge is 0.497 e. The molecule has 2 aromatic carbocycles. The van der Waals surface area contributed by atoms with Crippen LogP contribution in [-0.2, 0) is 4.79 Å². The van der Waals surface area contributed by atoms with Crippen LogP contribution in [0.4, 0.5) is 5.69 Å². The van der Waals surface area contributed by atoms with Crippen LogP contribution in [0, 0.1) is 0 Å². The molecule has 2 rings (SSSR count). The van der Waals surface area contributed by atoms with Crippen LogP contribution in [0.2, 0.25) is 0 Å². The van der Waals surface area contributed by atoms with Crippen LogP contribution in [0.25, 0.3) is 0 Å². The van der Waals surface area contributed by atoms with Crippen molar-refractivity contribution in [2.45, 2.75) is 12.8 Å². The van der Waals surface area contributed by atoms with E-state index in [4.69, 9.17) is 9.47 Å². The summed E-state index contributed by atoms with van der Waals surface area (Å²) in [5.74, 6) is 1.58. The molecule has 4 heteroatoms. The van der Waals surface area contributed by atoms with Gasteiger partial charge >= 0.3 is 0 Å². The number of anilines is 1. The van der Waals surface area contributed by atoms with E-state index in [1.54, 1.807) is 7.11 Å². The number of carbonyl (C=O) groups excluding carboxylic acids is 1. The Bertz CT molecular complexity index is 552. The molecule has 0 atom stereocenters. The van der Waals surface area contributed by atoms with E-state index >= 15 is 0 Å². The van der Waals surface area contributed by atoms with E-state index in [-0.39, 0.29) is 5.91 Å². The molecule has 110 valence electrons. The summed E-state index contributed by atoms with van der Waals surface area (Å²) in [5.41, 5.74) is 0.768. The highest BCUT2D eigenvalue weighted by Crippen LogP contribution is 2.15. The maximum atomic E-state index is 11.8. The van der Waals surface area contributed by atoms with Gasteiger partial charge in [0.1, 0.15) is 11.5 Å². The second-order valence-corrected chi connectivity index (χ2v) is 4.54. The SMILES string of the molecule is COc1ccc(NC(=O)CCCOc2ccccc2)cc1. The van der Waals surface area contributed by atoms with Crippen LogP contribution in [0.15, 0.2) is 54.6 Å². The van der Waals surface area contributed by atoms with Gasteiger partial charge in [0.15, 0.2) is 0 Å². The van der Waals surface area contributed by atoms with Crippen molar-refractivity contribution in [2.75, 3.05) is 19.0 Å². The van der Waals surface area contributed by atoms with E-state index in [0.29, 0.717) is 19.4 Å². The molecule has 0 aliphatic heterocycles. The molecule has 0 saturated carbocycles. The maximum Gasteiger partial charge on any atom is 0.224 e. The fourth-order valence-corrected chi connectivity index (χ4v) is 1.84. The van der Waals surface area contributed by atoms with Crippen LogP contribution in [0.3, 0.4) is 0 Å². The summed E-state index contributed by atoms with van der Waals surface area (Å²) in [4.78, 5) is 11.8. The summed E-state index contributed by atoms with van der Waals surface area (Å²) >= 11 is 0. The van der Waals surface area contributed by atoms with Crippen molar-refractivity contribution < 1.29 is 14.3 Å². The van der Waals surface area contributed by atoms with E-state index in [0.717, 1.165) is 17.2 Å². The Morgan fingerprint density at radius 3 is 2.38 bits per heavy atom. The molecule has 1 N–H and O–H groups in total. The van der Waals surface area contributed by atoms with E-state index < -0.39 is 0 Å². The summed E-state index contributed by atoms with van der Waals surface area (Å²) in [7, 11) is 1.61. The van der Waals surface area contributed by atoms with Crippen molar-refractivity contribution >= 4 is 11.6 Å². The standard InChI is InChI=1S/C17H19NO3/c1-20-15-11-9-14(10-12-15)18-17(19)8-5-13-21-16-6-3-2-4-7-16/h2-4,6-7,9-12H,5,8,13H2,1H3,(H,18,19). The molecular formula is C17H19NO3. The quantitative estimate of drug-likeness (QED) is 0.792. The van der Waals surface area contributed by atoms with Gasteiger partial charge < -0.3 is 14.8 Å².